The Kier molecular flexibility index (Phi) is 9.89. The molecule has 0 bridgehead atoms. The van der Waals surface area contributed by atoms with Crippen molar-refractivity contribution >= 4 is 5.78 Å². The molecule has 6 nitrogen and oxygen atoms in total. The van der Waals surface area contributed by atoms with Crippen LogP contribution >= 0.6 is 0 Å². The van der Waals surface area contributed by atoms with Crippen LogP contribution in [0.25, 0.3) is 0 Å². The monoisotopic (exact) mass is 536 g/mol. The molecule has 2 aromatic carbocycles. The number of hydrogen-bond donors (Lipinski definition) is 2. The number of ether oxygens (including phenoxy) is 3. The Labute approximate surface area is 233 Å². The summed E-state index contributed by atoms with van der Waals surface area (Å²) in [6.45, 7) is 11.7. The van der Waals surface area contributed by atoms with E-state index in [-0.39, 0.29) is 23.5 Å². The normalized spacial score (nSPS) is 15.5. The van der Waals surface area contributed by atoms with Crippen molar-refractivity contribution in [2.45, 2.75) is 91.8 Å². The number of carbonyl (C=O) groups is 1. The van der Waals surface area contributed by atoms with Crippen LogP contribution in [-0.2, 0) is 12.8 Å². The van der Waals surface area contributed by atoms with Crippen molar-refractivity contribution < 1.29 is 29.2 Å². The molecular formula is C33H44O6. The molecule has 0 unspecified atom stereocenters. The molecule has 0 fully saturated rings. The predicted molar refractivity (Wildman–Crippen MR) is 155 cm³/mol. The number of phenols is 1. The van der Waals surface area contributed by atoms with Crippen molar-refractivity contribution in [3.05, 3.63) is 69.3 Å². The van der Waals surface area contributed by atoms with E-state index in [2.05, 4.69) is 13.0 Å². The zero-order valence-electron chi connectivity index (χ0n) is 24.7. The molecule has 1 aliphatic heterocycles. The maximum atomic E-state index is 13.4. The number of carbonyl (C=O) groups excluding carboxylic acids is 1. The van der Waals surface area contributed by atoms with Gasteiger partial charge >= 0.3 is 0 Å². The van der Waals surface area contributed by atoms with Crippen LogP contribution in [0.2, 0.25) is 0 Å². The minimum Gasteiger partial charge on any atom is -0.507 e. The number of rotatable bonds is 11. The number of aliphatic hydroxyl groups is 1. The van der Waals surface area contributed by atoms with Gasteiger partial charge in [0.1, 0.15) is 34.7 Å². The first kappa shape index (κ1) is 30.3. The van der Waals surface area contributed by atoms with Gasteiger partial charge in [-0.05, 0) is 84.8 Å². The fourth-order valence-electron chi connectivity index (χ4n) is 5.08. The second kappa shape index (κ2) is 12.7. The van der Waals surface area contributed by atoms with Gasteiger partial charge in [-0.25, -0.2) is 0 Å². The fourth-order valence-corrected chi connectivity index (χ4v) is 5.08. The molecule has 0 saturated carbocycles. The maximum Gasteiger partial charge on any atom is 0.174 e. The molecule has 1 heterocycles. The SMILES string of the molecule is COc1cc2c(c(O)c1CC=C(C)C)C(=O)C[C@@H](c1ccc(C)c(OC)c1C/C=C(\C)CCCC(C)(C)O)O2. The molecule has 1 atom stereocenters. The standard InChI is InChI=1S/C33H44O6/c1-20(2)11-14-25-27(37-7)19-29-30(31(25)35)26(34)18-28(39-29)23-16-13-22(4)32(38-8)24(23)15-12-21(3)10-9-17-33(5,6)36/h11-13,16,19,28,35-36H,9-10,14-15,17-18H2,1-8H3/b21-12+/t28-/m0/s1. The summed E-state index contributed by atoms with van der Waals surface area (Å²) in [7, 11) is 3.21. The molecule has 3 rings (SSSR count). The third-order valence-corrected chi connectivity index (χ3v) is 7.24. The Morgan fingerprint density at radius 1 is 1.10 bits per heavy atom. The Balaban J connectivity index is 1.96. The highest BCUT2D eigenvalue weighted by atomic mass is 16.5. The second-order valence-corrected chi connectivity index (χ2v) is 11.4. The minimum atomic E-state index is -0.669. The van der Waals surface area contributed by atoms with E-state index in [0.29, 0.717) is 29.9 Å². The number of aryl methyl sites for hydroxylation is 1. The molecule has 1 aliphatic rings. The number of allylic oxidation sites excluding steroid dienone is 4. The number of methoxy groups -OCH3 is 2. The molecule has 0 aromatic heterocycles. The van der Waals surface area contributed by atoms with Gasteiger partial charge in [-0.1, -0.05) is 35.4 Å². The molecule has 2 N–H and O–H groups in total. The van der Waals surface area contributed by atoms with E-state index in [1.54, 1.807) is 20.3 Å². The first-order chi connectivity index (χ1) is 18.4. The molecule has 39 heavy (non-hydrogen) atoms. The second-order valence-electron chi connectivity index (χ2n) is 11.4. The van der Waals surface area contributed by atoms with Gasteiger partial charge in [-0.3, -0.25) is 4.79 Å². The summed E-state index contributed by atoms with van der Waals surface area (Å²) in [6.07, 6.45) is 7.40. The molecular weight excluding hydrogens is 492 g/mol. The van der Waals surface area contributed by atoms with Gasteiger partial charge in [0.05, 0.1) is 26.2 Å². The summed E-state index contributed by atoms with van der Waals surface area (Å²) in [4.78, 5) is 13.4. The average Bonchev–Trinajstić information content (AvgIpc) is 2.85. The van der Waals surface area contributed by atoms with E-state index >= 15 is 0 Å². The van der Waals surface area contributed by atoms with E-state index in [1.807, 2.05) is 52.8 Å². The van der Waals surface area contributed by atoms with Crippen LogP contribution in [0.5, 0.6) is 23.0 Å². The Hall–Kier alpha value is -3.25. The van der Waals surface area contributed by atoms with Crippen molar-refractivity contribution in [2.75, 3.05) is 14.2 Å². The largest absolute Gasteiger partial charge is 0.507 e. The fraction of sp³-hybridized carbons (Fsp3) is 0.485. The lowest BCUT2D eigenvalue weighted by molar-refractivity contribution is 0.0689. The molecule has 0 spiro atoms. The Morgan fingerprint density at radius 2 is 1.79 bits per heavy atom. The van der Waals surface area contributed by atoms with Crippen LogP contribution in [0, 0.1) is 6.92 Å². The maximum absolute atomic E-state index is 13.4. The predicted octanol–water partition coefficient (Wildman–Crippen LogP) is 7.36. The van der Waals surface area contributed by atoms with Crippen molar-refractivity contribution in [3.63, 3.8) is 0 Å². The van der Waals surface area contributed by atoms with Gasteiger partial charge < -0.3 is 24.4 Å². The van der Waals surface area contributed by atoms with Crippen LogP contribution in [0.4, 0.5) is 0 Å². The van der Waals surface area contributed by atoms with Gasteiger partial charge in [0, 0.05) is 17.2 Å². The van der Waals surface area contributed by atoms with E-state index in [9.17, 15) is 15.0 Å². The first-order valence-corrected chi connectivity index (χ1v) is 13.7. The van der Waals surface area contributed by atoms with Crippen molar-refractivity contribution in [2.24, 2.45) is 0 Å². The van der Waals surface area contributed by atoms with Gasteiger partial charge in [0.25, 0.3) is 0 Å². The summed E-state index contributed by atoms with van der Waals surface area (Å²) in [6, 6.07) is 5.71. The van der Waals surface area contributed by atoms with Crippen molar-refractivity contribution in [1.82, 2.24) is 0 Å². The van der Waals surface area contributed by atoms with E-state index < -0.39 is 11.7 Å². The molecule has 2 aromatic rings. The van der Waals surface area contributed by atoms with E-state index in [4.69, 9.17) is 14.2 Å². The van der Waals surface area contributed by atoms with Gasteiger partial charge in [-0.15, -0.1) is 0 Å². The van der Waals surface area contributed by atoms with Crippen molar-refractivity contribution in [3.8, 4) is 23.0 Å². The summed E-state index contributed by atoms with van der Waals surface area (Å²) in [5, 5.41) is 21.1. The van der Waals surface area contributed by atoms with E-state index in [0.717, 1.165) is 47.3 Å². The topological polar surface area (TPSA) is 85.2 Å². The number of Topliss-reactive ketones (excluding diaryl/α,β-unsaturated/α-hetero) is 1. The minimum absolute atomic E-state index is 0.0726. The quantitative estimate of drug-likeness (QED) is 0.292. The number of phenolic OH excluding ortho intramolecular Hbond substituents is 1. The molecule has 0 amide bonds. The Morgan fingerprint density at radius 3 is 2.41 bits per heavy atom. The average molecular weight is 537 g/mol. The highest BCUT2D eigenvalue weighted by Crippen LogP contribution is 2.46. The van der Waals surface area contributed by atoms with Crippen LogP contribution in [0.1, 0.15) is 99.0 Å². The number of benzene rings is 2. The zero-order chi connectivity index (χ0) is 28.9. The third kappa shape index (κ3) is 7.45. The third-order valence-electron chi connectivity index (χ3n) is 7.24. The van der Waals surface area contributed by atoms with Gasteiger partial charge in [0.2, 0.25) is 0 Å². The lowest BCUT2D eigenvalue weighted by Gasteiger charge is -2.29. The zero-order valence-corrected chi connectivity index (χ0v) is 24.7. The van der Waals surface area contributed by atoms with Crippen LogP contribution in [-0.4, -0.2) is 35.8 Å². The van der Waals surface area contributed by atoms with Crippen molar-refractivity contribution in [1.29, 1.82) is 0 Å². The number of hydrogen-bond acceptors (Lipinski definition) is 6. The lowest BCUT2D eigenvalue weighted by atomic mass is 9.89. The number of ketones is 1. The van der Waals surface area contributed by atoms with Gasteiger partial charge in [-0.2, -0.15) is 0 Å². The summed E-state index contributed by atoms with van der Waals surface area (Å²) >= 11 is 0. The van der Waals surface area contributed by atoms with Gasteiger partial charge in [0.15, 0.2) is 5.78 Å². The number of fused-ring (bicyclic) bond motifs is 1. The number of aromatic hydroxyl groups is 1. The first-order valence-electron chi connectivity index (χ1n) is 13.7. The molecule has 6 heteroatoms. The smallest absolute Gasteiger partial charge is 0.174 e. The van der Waals surface area contributed by atoms with Crippen LogP contribution in [0.15, 0.2) is 41.5 Å². The summed E-state index contributed by atoms with van der Waals surface area (Å²) in [5.74, 6) is 1.37. The highest BCUT2D eigenvalue weighted by Gasteiger charge is 2.34. The summed E-state index contributed by atoms with van der Waals surface area (Å²) < 4.78 is 17.8. The van der Waals surface area contributed by atoms with Crippen LogP contribution in [0.3, 0.4) is 0 Å². The summed E-state index contributed by atoms with van der Waals surface area (Å²) in [5.41, 5.74) is 5.36. The molecule has 0 radical (unpaired) electrons. The molecule has 0 saturated heterocycles. The Bertz CT molecular complexity index is 1260. The lowest BCUT2D eigenvalue weighted by Crippen LogP contribution is -2.22. The van der Waals surface area contributed by atoms with E-state index in [1.165, 1.54) is 5.57 Å². The molecule has 0 aliphatic carbocycles. The molecule has 212 valence electrons. The highest BCUT2D eigenvalue weighted by molar-refractivity contribution is 6.03. The van der Waals surface area contributed by atoms with Crippen LogP contribution < -0.4 is 14.2 Å².